The Bertz CT molecular complexity index is 1830. The van der Waals surface area contributed by atoms with Crippen molar-refractivity contribution in [2.75, 3.05) is 0 Å². The Kier molecular flexibility index (Phi) is 6.73. The van der Waals surface area contributed by atoms with Gasteiger partial charge in [-0.1, -0.05) is 30.3 Å². The van der Waals surface area contributed by atoms with Crippen molar-refractivity contribution in [2.45, 2.75) is 25.2 Å². The van der Waals surface area contributed by atoms with Crippen LogP contribution in [0.2, 0.25) is 0 Å². The smallest absolute Gasteiger partial charge is 0.192 e. The molecule has 2 aliphatic carbocycles. The first kappa shape index (κ1) is 28.0. The fourth-order valence-corrected chi connectivity index (χ4v) is 5.37. The molecule has 0 bridgehead atoms. The van der Waals surface area contributed by atoms with Crippen LogP contribution in [0.15, 0.2) is 71.1 Å². The minimum atomic E-state index is -4.57. The van der Waals surface area contributed by atoms with Gasteiger partial charge in [-0.3, -0.25) is 0 Å². The summed E-state index contributed by atoms with van der Waals surface area (Å²) in [6.07, 6.45) is -5.80. The van der Waals surface area contributed by atoms with E-state index in [-0.39, 0.29) is 24.2 Å². The van der Waals surface area contributed by atoms with Crippen LogP contribution < -0.4 is 10.4 Å². The molecule has 5 rings (SSSR count). The lowest BCUT2D eigenvalue weighted by Crippen LogP contribution is -2.23. The summed E-state index contributed by atoms with van der Waals surface area (Å²) in [6.45, 7) is 14.9. The van der Waals surface area contributed by atoms with Gasteiger partial charge in [0.1, 0.15) is 30.9 Å². The summed E-state index contributed by atoms with van der Waals surface area (Å²) in [5.74, 6) is -0.205. The van der Waals surface area contributed by atoms with E-state index in [4.69, 9.17) is 13.1 Å². The number of hydrogen-bond donors (Lipinski definition) is 0. The molecule has 0 fully saturated rings. The Labute approximate surface area is 235 Å². The summed E-state index contributed by atoms with van der Waals surface area (Å²) >= 11 is 0. The van der Waals surface area contributed by atoms with Crippen LogP contribution in [0, 0.1) is 35.8 Å². The molecule has 204 valence electrons. The van der Waals surface area contributed by atoms with Crippen LogP contribution in [-0.2, 0) is 25.2 Å². The molecule has 0 spiro atoms. The predicted octanol–water partition coefficient (Wildman–Crippen LogP) is 7.13. The van der Waals surface area contributed by atoms with Crippen molar-refractivity contribution in [3.63, 3.8) is 0 Å². The lowest BCUT2D eigenvalue weighted by Gasteiger charge is -2.17. The van der Waals surface area contributed by atoms with E-state index >= 15 is 0 Å². The van der Waals surface area contributed by atoms with Crippen molar-refractivity contribution in [1.29, 1.82) is 10.5 Å². The second-order valence-electron chi connectivity index (χ2n) is 9.52. The van der Waals surface area contributed by atoms with Crippen molar-refractivity contribution >= 4 is 12.2 Å². The zero-order chi connectivity index (χ0) is 30.4. The molecule has 0 unspecified atom stereocenters. The molecule has 0 N–H and O–H groups in total. The summed E-state index contributed by atoms with van der Waals surface area (Å²) in [5.41, 5.74) is 1.73. The quantitative estimate of drug-likeness (QED) is 0.188. The van der Waals surface area contributed by atoms with E-state index in [9.17, 15) is 36.9 Å². The number of allylic oxidation sites excluding steroid dienone is 3. The normalized spacial score (nSPS) is 13.5. The van der Waals surface area contributed by atoms with Gasteiger partial charge in [0, 0.05) is 6.42 Å². The Morgan fingerprint density at radius 3 is 1.38 bits per heavy atom. The molecule has 0 aliphatic heterocycles. The SMILES string of the molecule is [C-]#[N+]C([N+]#[C-])=C1C=c2c(c(-c3ccc(C(F)(F)F)cc3)c3c(c2-c2ccc(C(F)(F)F)cc2)CC(=C(C#N)C#N)C=3)C1. The Hall–Kier alpha value is -5.58. The number of alkyl halides is 6. The molecular weight excluding hydrogens is 554 g/mol. The van der Waals surface area contributed by atoms with E-state index in [0.29, 0.717) is 55.0 Å². The molecule has 0 atom stereocenters. The fraction of sp³-hybridized carbons (Fsp3) is 0.125. The maximum atomic E-state index is 13.3. The van der Waals surface area contributed by atoms with Crippen LogP contribution in [0.1, 0.15) is 22.3 Å². The number of halogens is 6. The van der Waals surface area contributed by atoms with E-state index in [1.807, 2.05) is 12.1 Å². The summed E-state index contributed by atoms with van der Waals surface area (Å²) in [7, 11) is 0. The van der Waals surface area contributed by atoms with Gasteiger partial charge in [0.25, 0.3) is 0 Å². The van der Waals surface area contributed by atoms with E-state index in [1.165, 1.54) is 24.3 Å². The Balaban J connectivity index is 1.91. The minimum Gasteiger partial charge on any atom is -0.192 e. The third-order valence-electron chi connectivity index (χ3n) is 7.21. The lowest BCUT2D eigenvalue weighted by molar-refractivity contribution is -0.138. The van der Waals surface area contributed by atoms with Crippen molar-refractivity contribution in [2.24, 2.45) is 0 Å². The first-order valence-corrected chi connectivity index (χ1v) is 12.2. The van der Waals surface area contributed by atoms with Gasteiger partial charge >= 0.3 is 18.2 Å². The van der Waals surface area contributed by atoms with E-state index in [0.717, 1.165) is 24.3 Å². The molecule has 4 nitrogen and oxygen atoms in total. The van der Waals surface area contributed by atoms with Crippen LogP contribution in [-0.4, -0.2) is 0 Å². The summed E-state index contributed by atoms with van der Waals surface area (Å²) in [5, 5.41) is 20.1. The molecule has 0 saturated heterocycles. The molecule has 0 amide bonds. The van der Waals surface area contributed by atoms with E-state index in [2.05, 4.69) is 9.69 Å². The molecule has 42 heavy (non-hydrogen) atoms. The van der Waals surface area contributed by atoms with Crippen LogP contribution in [0.4, 0.5) is 26.3 Å². The van der Waals surface area contributed by atoms with Gasteiger partial charge < -0.3 is 0 Å². The molecule has 0 heterocycles. The second kappa shape index (κ2) is 10.1. The fourth-order valence-electron chi connectivity index (χ4n) is 5.37. The standard InChI is InChI=1S/C32H14F6N4/c1-41-30(42-2)20-13-26-27(14-20)29(18-5-9-23(10-6-18)32(36,37)38)25-12-19(21(15-39)16-40)11-24(25)28(26)17-3-7-22(8-4-17)31(33,34)35/h3-11,14H,12-13H2. The van der Waals surface area contributed by atoms with Gasteiger partial charge in [-0.2, -0.15) is 46.6 Å². The van der Waals surface area contributed by atoms with Gasteiger partial charge in [0.05, 0.1) is 16.7 Å². The molecule has 0 saturated carbocycles. The first-order valence-electron chi connectivity index (χ1n) is 12.2. The van der Waals surface area contributed by atoms with Crippen molar-refractivity contribution in [3.8, 4) is 34.4 Å². The van der Waals surface area contributed by atoms with Crippen LogP contribution >= 0.6 is 0 Å². The third kappa shape index (κ3) is 4.70. The molecule has 10 heteroatoms. The predicted molar refractivity (Wildman–Crippen MR) is 141 cm³/mol. The topological polar surface area (TPSA) is 56.3 Å². The second-order valence-corrected chi connectivity index (χ2v) is 9.52. The van der Waals surface area contributed by atoms with Crippen LogP contribution in [0.5, 0.6) is 0 Å². The number of hydrogen-bond acceptors (Lipinski definition) is 2. The van der Waals surface area contributed by atoms with Crippen LogP contribution in [0.3, 0.4) is 0 Å². The lowest BCUT2D eigenvalue weighted by atomic mass is 9.87. The molecular formula is C32H14F6N4. The summed E-state index contributed by atoms with van der Waals surface area (Å²) in [6, 6.07) is 12.6. The maximum absolute atomic E-state index is 13.3. The minimum absolute atomic E-state index is 0.0639. The third-order valence-corrected chi connectivity index (χ3v) is 7.21. The average Bonchev–Trinajstić information content (AvgIpc) is 3.57. The van der Waals surface area contributed by atoms with Gasteiger partial charge in [-0.05, 0) is 86.2 Å². The first-order chi connectivity index (χ1) is 19.9. The number of benzene rings is 3. The van der Waals surface area contributed by atoms with E-state index in [1.54, 1.807) is 12.2 Å². The maximum Gasteiger partial charge on any atom is 0.522 e. The summed E-state index contributed by atoms with van der Waals surface area (Å²) < 4.78 is 80.0. The zero-order valence-corrected chi connectivity index (χ0v) is 21.2. The Morgan fingerprint density at radius 2 is 1.02 bits per heavy atom. The van der Waals surface area contributed by atoms with Gasteiger partial charge in [0.2, 0.25) is 0 Å². The molecule has 0 aromatic heterocycles. The highest BCUT2D eigenvalue weighted by Gasteiger charge is 2.33. The van der Waals surface area contributed by atoms with Crippen molar-refractivity contribution < 1.29 is 26.3 Å². The number of nitrogens with zero attached hydrogens (tertiary/aromatic N) is 4. The van der Waals surface area contributed by atoms with Gasteiger partial charge in [-0.15, -0.1) is 0 Å². The van der Waals surface area contributed by atoms with Gasteiger partial charge in [-0.25, -0.2) is 0 Å². The van der Waals surface area contributed by atoms with Crippen LogP contribution in [0.25, 0.3) is 44.1 Å². The van der Waals surface area contributed by atoms with Crippen molar-refractivity contribution in [1.82, 2.24) is 0 Å². The van der Waals surface area contributed by atoms with Crippen molar-refractivity contribution in [3.05, 3.63) is 127 Å². The number of nitriles is 2. The molecule has 3 aromatic rings. The number of fused-ring (bicyclic) bond motifs is 2. The zero-order valence-electron chi connectivity index (χ0n) is 21.2. The number of rotatable bonds is 2. The highest BCUT2D eigenvalue weighted by atomic mass is 19.4. The molecule has 3 aromatic carbocycles. The summed E-state index contributed by atoms with van der Waals surface area (Å²) in [4.78, 5) is 6.59. The molecule has 0 radical (unpaired) electrons. The average molecular weight is 568 g/mol. The highest BCUT2D eigenvalue weighted by Crippen LogP contribution is 2.37. The molecule has 2 aliphatic rings. The van der Waals surface area contributed by atoms with E-state index < -0.39 is 23.5 Å². The highest BCUT2D eigenvalue weighted by molar-refractivity contribution is 5.87. The Morgan fingerprint density at radius 1 is 0.643 bits per heavy atom. The monoisotopic (exact) mass is 568 g/mol. The van der Waals surface area contributed by atoms with Gasteiger partial charge in [0.15, 0.2) is 0 Å². The largest absolute Gasteiger partial charge is 0.522 e.